The van der Waals surface area contributed by atoms with Gasteiger partial charge in [-0.25, -0.2) is 0 Å². The molecule has 6 heteroatoms. The van der Waals surface area contributed by atoms with Crippen LogP contribution in [0.4, 0.5) is 28.7 Å². The van der Waals surface area contributed by atoms with Gasteiger partial charge in [0, 0.05) is 32.2 Å². The normalized spacial score (nSPS) is 18.3. The molecule has 120 valence electrons. The molecule has 0 unspecified atom stereocenters. The third-order valence-corrected chi connectivity index (χ3v) is 4.95. The van der Waals surface area contributed by atoms with Gasteiger partial charge in [-0.05, 0) is 31.4 Å². The fourth-order valence-electron chi connectivity index (χ4n) is 3.88. The summed E-state index contributed by atoms with van der Waals surface area (Å²) in [6.07, 6.45) is 3.67. The van der Waals surface area contributed by atoms with Gasteiger partial charge in [-0.1, -0.05) is 12.1 Å². The lowest BCUT2D eigenvalue weighted by Crippen LogP contribution is -2.27. The molecule has 5 nitrogen and oxygen atoms in total. The molecule has 5 heterocycles. The summed E-state index contributed by atoms with van der Waals surface area (Å²) < 4.78 is 0. The quantitative estimate of drug-likeness (QED) is 0.800. The van der Waals surface area contributed by atoms with E-state index in [-0.39, 0.29) is 12.4 Å². The molecule has 1 aromatic heterocycles. The van der Waals surface area contributed by atoms with Gasteiger partial charge in [0.2, 0.25) is 0 Å². The van der Waals surface area contributed by atoms with Gasteiger partial charge in [-0.15, -0.1) is 22.6 Å². The van der Waals surface area contributed by atoms with Crippen LogP contribution in [0.15, 0.2) is 30.3 Å². The van der Waals surface area contributed by atoms with Crippen molar-refractivity contribution in [3.8, 4) is 0 Å². The Morgan fingerprint density at radius 1 is 0.739 bits per heavy atom. The van der Waals surface area contributed by atoms with Crippen molar-refractivity contribution >= 4 is 41.1 Å². The molecule has 2 bridgehead atoms. The van der Waals surface area contributed by atoms with Gasteiger partial charge in [0.15, 0.2) is 11.6 Å². The highest BCUT2D eigenvalue weighted by molar-refractivity contribution is 5.92. The van der Waals surface area contributed by atoms with Crippen LogP contribution < -0.4 is 14.7 Å². The van der Waals surface area contributed by atoms with Crippen molar-refractivity contribution in [2.45, 2.75) is 19.3 Å². The zero-order chi connectivity index (χ0) is 14.5. The van der Waals surface area contributed by atoms with Crippen LogP contribution in [0, 0.1) is 0 Å². The number of halogens is 1. The van der Waals surface area contributed by atoms with E-state index in [9.17, 15) is 0 Å². The minimum Gasteiger partial charge on any atom is -0.355 e. The molecule has 1 aromatic carbocycles. The Labute approximate surface area is 142 Å². The predicted molar refractivity (Wildman–Crippen MR) is 95.8 cm³/mol. The zero-order valence-electron chi connectivity index (χ0n) is 13.0. The molecule has 4 aliphatic rings. The maximum atomic E-state index is 4.60. The van der Waals surface area contributed by atoms with Crippen LogP contribution in [0.5, 0.6) is 0 Å². The highest BCUT2D eigenvalue weighted by Crippen LogP contribution is 2.49. The number of rotatable bonds is 1. The van der Waals surface area contributed by atoms with E-state index < -0.39 is 0 Å². The van der Waals surface area contributed by atoms with Crippen LogP contribution in [0.3, 0.4) is 0 Å². The molecule has 0 saturated carbocycles. The molecule has 23 heavy (non-hydrogen) atoms. The van der Waals surface area contributed by atoms with Crippen molar-refractivity contribution in [1.29, 1.82) is 0 Å². The topological polar surface area (TPSA) is 35.5 Å². The molecule has 1 saturated heterocycles. The number of benzene rings is 1. The van der Waals surface area contributed by atoms with Crippen molar-refractivity contribution in [3.63, 3.8) is 0 Å². The van der Waals surface area contributed by atoms with Gasteiger partial charge >= 0.3 is 0 Å². The Bertz CT molecular complexity index is 729. The van der Waals surface area contributed by atoms with Crippen molar-refractivity contribution in [1.82, 2.24) is 10.2 Å². The Morgan fingerprint density at radius 3 is 2.22 bits per heavy atom. The first-order chi connectivity index (χ1) is 10.9. The molecular formula is C17H20ClN5. The number of nitrogens with zero attached hydrogens (tertiary/aromatic N) is 5. The van der Waals surface area contributed by atoms with Crippen LogP contribution >= 0.6 is 12.4 Å². The molecule has 0 atom stereocenters. The second kappa shape index (κ2) is 5.57. The van der Waals surface area contributed by atoms with E-state index in [1.807, 2.05) is 0 Å². The average Bonchev–Trinajstić information content (AvgIpc) is 2.96. The van der Waals surface area contributed by atoms with Crippen LogP contribution in [0.2, 0.25) is 0 Å². The van der Waals surface area contributed by atoms with Crippen molar-refractivity contribution in [2.75, 3.05) is 40.9 Å². The van der Waals surface area contributed by atoms with Gasteiger partial charge in [0.25, 0.3) is 0 Å². The number of aromatic nitrogens is 2. The minimum absolute atomic E-state index is 0. The Morgan fingerprint density at radius 2 is 1.43 bits per heavy atom. The Hall–Kier alpha value is -2.01. The zero-order valence-corrected chi connectivity index (χ0v) is 13.8. The van der Waals surface area contributed by atoms with E-state index in [1.165, 1.54) is 29.9 Å². The summed E-state index contributed by atoms with van der Waals surface area (Å²) in [5, 5.41) is 9.11. The van der Waals surface area contributed by atoms with Gasteiger partial charge in [0.1, 0.15) is 0 Å². The van der Waals surface area contributed by atoms with Crippen LogP contribution in [0.1, 0.15) is 19.3 Å². The van der Waals surface area contributed by atoms with Crippen LogP contribution in [0.25, 0.3) is 0 Å². The Kier molecular flexibility index (Phi) is 3.53. The first-order valence-electron chi connectivity index (χ1n) is 8.18. The lowest BCUT2D eigenvalue weighted by atomic mass is 10.1. The first-order valence-corrected chi connectivity index (χ1v) is 8.18. The second-order valence-electron chi connectivity index (χ2n) is 6.25. The van der Waals surface area contributed by atoms with E-state index in [1.54, 1.807) is 0 Å². The average molecular weight is 330 g/mol. The summed E-state index contributed by atoms with van der Waals surface area (Å²) in [7, 11) is 0. The fraction of sp³-hybridized carbons (Fsp3) is 0.412. The minimum atomic E-state index is 0. The second-order valence-corrected chi connectivity index (χ2v) is 6.25. The van der Waals surface area contributed by atoms with Gasteiger partial charge < -0.3 is 14.7 Å². The summed E-state index contributed by atoms with van der Waals surface area (Å²) in [5.41, 5.74) is 3.77. The molecule has 6 rings (SSSR count). The number of hydrogen-bond donors (Lipinski definition) is 0. The first kappa shape index (κ1) is 14.6. The number of fused-ring (bicyclic) bond motifs is 2. The van der Waals surface area contributed by atoms with E-state index >= 15 is 0 Å². The molecule has 2 aromatic rings. The third kappa shape index (κ3) is 2.14. The molecule has 0 radical (unpaired) electrons. The highest BCUT2D eigenvalue weighted by Gasteiger charge is 2.33. The molecule has 1 fully saturated rings. The van der Waals surface area contributed by atoms with E-state index in [0.717, 1.165) is 44.2 Å². The lowest BCUT2D eigenvalue weighted by Gasteiger charge is -2.35. The van der Waals surface area contributed by atoms with Crippen LogP contribution in [-0.2, 0) is 0 Å². The maximum absolute atomic E-state index is 4.60. The van der Waals surface area contributed by atoms with Crippen molar-refractivity contribution in [3.05, 3.63) is 30.3 Å². The lowest BCUT2D eigenvalue weighted by molar-refractivity contribution is 0.841. The van der Waals surface area contributed by atoms with E-state index in [2.05, 4.69) is 55.2 Å². The monoisotopic (exact) mass is 329 g/mol. The van der Waals surface area contributed by atoms with Gasteiger partial charge in [0.05, 0.1) is 17.1 Å². The van der Waals surface area contributed by atoms with Gasteiger partial charge in [-0.3, -0.25) is 0 Å². The summed E-state index contributed by atoms with van der Waals surface area (Å²) in [5.74, 6) is 2.04. The SMILES string of the molecule is Cl.c1ccc2c(c1)N1CCCN2c2nnc(N3CCCC3)cc21. The van der Waals surface area contributed by atoms with E-state index in [4.69, 9.17) is 0 Å². The number of hydrogen-bond acceptors (Lipinski definition) is 5. The van der Waals surface area contributed by atoms with Crippen molar-refractivity contribution < 1.29 is 0 Å². The number of para-hydroxylation sites is 2. The summed E-state index contributed by atoms with van der Waals surface area (Å²) in [6, 6.07) is 10.9. The molecular weight excluding hydrogens is 310 g/mol. The molecule has 4 aliphatic heterocycles. The largest absolute Gasteiger partial charge is 0.355 e. The summed E-state index contributed by atoms with van der Waals surface area (Å²) in [4.78, 5) is 7.10. The van der Waals surface area contributed by atoms with Crippen LogP contribution in [-0.4, -0.2) is 36.4 Å². The smallest absolute Gasteiger partial charge is 0.179 e. The van der Waals surface area contributed by atoms with Crippen molar-refractivity contribution in [2.24, 2.45) is 0 Å². The number of anilines is 5. The van der Waals surface area contributed by atoms with E-state index in [0.29, 0.717) is 0 Å². The predicted octanol–water partition coefficient (Wildman–Crippen LogP) is 3.49. The maximum Gasteiger partial charge on any atom is 0.179 e. The standard InChI is InChI=1S/C17H19N5.ClH/c1-2-7-14-13(6-1)21-10-5-11-22(14)17-15(21)12-16(18-19-17)20-8-3-4-9-20;/h1-2,6-7,12H,3-5,8-11H2;1H. The summed E-state index contributed by atoms with van der Waals surface area (Å²) >= 11 is 0. The van der Waals surface area contributed by atoms with Gasteiger partial charge in [-0.2, -0.15) is 0 Å². The Balaban J connectivity index is 0.00000135. The molecule has 0 spiro atoms. The summed E-state index contributed by atoms with van der Waals surface area (Å²) in [6.45, 7) is 4.27. The molecule has 0 N–H and O–H groups in total. The highest BCUT2D eigenvalue weighted by atomic mass is 35.5. The fourth-order valence-corrected chi connectivity index (χ4v) is 3.88. The third-order valence-electron chi connectivity index (χ3n) is 4.95. The molecule has 0 amide bonds. The molecule has 0 aliphatic carbocycles.